The number of hydrogen-bond acceptors (Lipinski definition) is 9. The van der Waals surface area contributed by atoms with E-state index in [4.69, 9.17) is 14.2 Å². The second-order valence-electron chi connectivity index (χ2n) is 7.18. The van der Waals surface area contributed by atoms with E-state index in [-0.39, 0.29) is 56.9 Å². The first-order valence-corrected chi connectivity index (χ1v) is 11.4. The summed E-state index contributed by atoms with van der Waals surface area (Å²) in [5, 5.41) is 2.61. The van der Waals surface area contributed by atoms with Gasteiger partial charge in [0.1, 0.15) is 19.6 Å². The molecule has 0 saturated carbocycles. The van der Waals surface area contributed by atoms with Crippen LogP contribution in [0.5, 0.6) is 0 Å². The fraction of sp³-hybridized carbons (Fsp3) is 0.696. The molecule has 0 unspecified atom stereocenters. The van der Waals surface area contributed by atoms with Crippen molar-refractivity contribution >= 4 is 29.8 Å². The van der Waals surface area contributed by atoms with Gasteiger partial charge in [-0.05, 0) is 44.9 Å². The average Bonchev–Trinajstić information content (AvgIpc) is 2.79. The molecule has 0 aromatic rings. The highest BCUT2D eigenvalue weighted by molar-refractivity contribution is 5.94. The van der Waals surface area contributed by atoms with Crippen LogP contribution in [0.1, 0.15) is 71.1 Å². The lowest BCUT2D eigenvalue weighted by Gasteiger charge is -2.07. The first-order chi connectivity index (χ1) is 15.9. The molecule has 10 heteroatoms. The third-order valence-electron chi connectivity index (χ3n) is 4.21. The number of amides is 1. The average molecular weight is 472 g/mol. The van der Waals surface area contributed by atoms with Crippen LogP contribution in [-0.2, 0) is 42.9 Å². The highest BCUT2D eigenvalue weighted by Crippen LogP contribution is 2.05. The number of rotatable bonds is 20. The molecule has 188 valence electrons. The molecule has 0 bridgehead atoms. The summed E-state index contributed by atoms with van der Waals surface area (Å²) in [4.78, 5) is 56.8. The van der Waals surface area contributed by atoms with Crippen LogP contribution in [-0.4, -0.2) is 62.8 Å². The number of hydrogen-bond donors (Lipinski definition) is 1. The Hall–Kier alpha value is -2.91. The molecule has 0 spiro atoms. The molecular weight excluding hydrogens is 434 g/mol. The summed E-state index contributed by atoms with van der Waals surface area (Å²) in [7, 11) is 0. The molecule has 0 atom stereocenters. The smallest absolute Gasteiger partial charge is 0.330 e. The standard InChI is InChI=1S/C23H37NO9/c1-3-13-24-19(25)18-23(29)31-15-10-6-7-11-21(27)30-14-9-5-8-12-22(28)33-17-16-32-20(26)4-2/h4H,2-3,5-18H2,1H3,(H,24,25). The SMILES string of the molecule is C=CC(=O)OCCOC(=O)CCCCCOC(=O)CCCCCOC(=O)CC(=O)NCCC. The normalized spacial score (nSPS) is 10.1. The summed E-state index contributed by atoms with van der Waals surface area (Å²) in [5.41, 5.74) is 0. The van der Waals surface area contributed by atoms with E-state index in [0.717, 1.165) is 18.9 Å². The largest absolute Gasteiger partial charge is 0.466 e. The van der Waals surface area contributed by atoms with E-state index in [1.807, 2.05) is 6.92 Å². The minimum Gasteiger partial charge on any atom is -0.466 e. The third-order valence-corrected chi connectivity index (χ3v) is 4.21. The van der Waals surface area contributed by atoms with Crippen LogP contribution in [0.3, 0.4) is 0 Å². The first-order valence-electron chi connectivity index (χ1n) is 11.4. The minimum absolute atomic E-state index is 0.00442. The maximum atomic E-state index is 11.7. The molecule has 0 saturated heterocycles. The molecule has 33 heavy (non-hydrogen) atoms. The van der Waals surface area contributed by atoms with Crippen molar-refractivity contribution in [2.75, 3.05) is 33.0 Å². The van der Waals surface area contributed by atoms with Gasteiger partial charge < -0.3 is 24.3 Å². The summed E-state index contributed by atoms with van der Waals surface area (Å²) < 4.78 is 19.7. The molecule has 1 N–H and O–H groups in total. The molecule has 0 aliphatic heterocycles. The number of carbonyl (C=O) groups is 5. The zero-order valence-electron chi connectivity index (χ0n) is 19.6. The lowest BCUT2D eigenvalue weighted by molar-refractivity contribution is -0.149. The predicted octanol–water partition coefficient (Wildman–Crippen LogP) is 2.38. The molecule has 0 aliphatic carbocycles. The van der Waals surface area contributed by atoms with Crippen molar-refractivity contribution in [2.24, 2.45) is 0 Å². The molecule has 0 fully saturated rings. The van der Waals surface area contributed by atoms with Crippen molar-refractivity contribution in [1.29, 1.82) is 0 Å². The third kappa shape index (κ3) is 20.7. The molecule has 0 rings (SSSR count). The zero-order chi connectivity index (χ0) is 24.7. The summed E-state index contributed by atoms with van der Waals surface area (Å²) in [6, 6.07) is 0. The van der Waals surface area contributed by atoms with Gasteiger partial charge in [0, 0.05) is 25.5 Å². The maximum absolute atomic E-state index is 11.7. The Morgan fingerprint density at radius 2 is 1.21 bits per heavy atom. The molecule has 0 aromatic heterocycles. The van der Waals surface area contributed by atoms with Crippen LogP contribution in [0.2, 0.25) is 0 Å². The van der Waals surface area contributed by atoms with E-state index in [9.17, 15) is 24.0 Å². The van der Waals surface area contributed by atoms with Gasteiger partial charge in [0.25, 0.3) is 0 Å². The highest BCUT2D eigenvalue weighted by Gasteiger charge is 2.10. The van der Waals surface area contributed by atoms with E-state index < -0.39 is 11.9 Å². The van der Waals surface area contributed by atoms with Crippen molar-refractivity contribution < 1.29 is 42.9 Å². The van der Waals surface area contributed by atoms with Gasteiger partial charge in [-0.15, -0.1) is 0 Å². The summed E-state index contributed by atoms with van der Waals surface area (Å²) in [5.74, 6) is -2.11. The van der Waals surface area contributed by atoms with Gasteiger partial charge in [-0.25, -0.2) is 4.79 Å². The second kappa shape index (κ2) is 21.0. The first kappa shape index (κ1) is 30.1. The number of carbonyl (C=O) groups excluding carboxylic acids is 5. The van der Waals surface area contributed by atoms with Crippen LogP contribution >= 0.6 is 0 Å². The topological polar surface area (TPSA) is 134 Å². The van der Waals surface area contributed by atoms with Crippen LogP contribution in [0.25, 0.3) is 0 Å². The molecule has 0 heterocycles. The van der Waals surface area contributed by atoms with Crippen molar-refractivity contribution in [3.05, 3.63) is 12.7 Å². The van der Waals surface area contributed by atoms with Crippen LogP contribution in [0, 0.1) is 0 Å². The van der Waals surface area contributed by atoms with Gasteiger partial charge in [0.05, 0.1) is 13.2 Å². The lowest BCUT2D eigenvalue weighted by Crippen LogP contribution is -2.27. The Bertz CT molecular complexity index is 619. The van der Waals surface area contributed by atoms with E-state index in [1.165, 1.54) is 0 Å². The Morgan fingerprint density at radius 1 is 0.697 bits per heavy atom. The van der Waals surface area contributed by atoms with Gasteiger partial charge in [0.2, 0.25) is 5.91 Å². The Morgan fingerprint density at radius 3 is 1.76 bits per heavy atom. The van der Waals surface area contributed by atoms with Gasteiger partial charge >= 0.3 is 23.9 Å². The summed E-state index contributed by atoms with van der Waals surface area (Å²) in [6.45, 7) is 6.23. The summed E-state index contributed by atoms with van der Waals surface area (Å²) >= 11 is 0. The number of esters is 4. The van der Waals surface area contributed by atoms with E-state index in [1.54, 1.807) is 0 Å². The highest BCUT2D eigenvalue weighted by atomic mass is 16.6. The van der Waals surface area contributed by atoms with Gasteiger partial charge in [0.15, 0.2) is 0 Å². The lowest BCUT2D eigenvalue weighted by atomic mass is 10.2. The van der Waals surface area contributed by atoms with Crippen molar-refractivity contribution in [2.45, 2.75) is 71.1 Å². The fourth-order valence-electron chi connectivity index (χ4n) is 2.48. The van der Waals surface area contributed by atoms with Crippen LogP contribution < -0.4 is 5.32 Å². The molecule has 0 aliphatic rings. The molecule has 0 radical (unpaired) electrons. The van der Waals surface area contributed by atoms with E-state index in [2.05, 4.69) is 16.6 Å². The van der Waals surface area contributed by atoms with Crippen molar-refractivity contribution in [3.8, 4) is 0 Å². The molecule has 0 aromatic carbocycles. The number of nitrogens with one attached hydrogen (secondary N) is 1. The van der Waals surface area contributed by atoms with Gasteiger partial charge in [-0.2, -0.15) is 0 Å². The predicted molar refractivity (Wildman–Crippen MR) is 119 cm³/mol. The Labute approximate surface area is 195 Å². The van der Waals surface area contributed by atoms with Crippen LogP contribution in [0.15, 0.2) is 12.7 Å². The quantitative estimate of drug-likeness (QED) is 0.0933. The van der Waals surface area contributed by atoms with Gasteiger partial charge in [-0.3, -0.25) is 19.2 Å². The molecule has 10 nitrogen and oxygen atoms in total. The number of ether oxygens (including phenoxy) is 4. The Kier molecular flexibility index (Phi) is 19.1. The monoisotopic (exact) mass is 471 g/mol. The zero-order valence-corrected chi connectivity index (χ0v) is 19.6. The van der Waals surface area contributed by atoms with Crippen molar-refractivity contribution in [1.82, 2.24) is 5.32 Å². The van der Waals surface area contributed by atoms with Crippen molar-refractivity contribution in [3.63, 3.8) is 0 Å². The number of unbranched alkanes of at least 4 members (excludes halogenated alkanes) is 4. The van der Waals surface area contributed by atoms with E-state index >= 15 is 0 Å². The second-order valence-corrected chi connectivity index (χ2v) is 7.18. The molecular formula is C23H37NO9. The van der Waals surface area contributed by atoms with Crippen LogP contribution in [0.4, 0.5) is 0 Å². The Balaban J connectivity index is 3.48. The summed E-state index contributed by atoms with van der Waals surface area (Å²) in [6.07, 6.45) is 6.03. The van der Waals surface area contributed by atoms with E-state index in [0.29, 0.717) is 45.3 Å². The maximum Gasteiger partial charge on any atom is 0.330 e. The molecule has 1 amide bonds. The minimum atomic E-state index is -0.564. The fourth-order valence-corrected chi connectivity index (χ4v) is 2.48. The van der Waals surface area contributed by atoms with Gasteiger partial charge in [-0.1, -0.05) is 13.5 Å².